The van der Waals surface area contributed by atoms with Gasteiger partial charge in [0.15, 0.2) is 11.5 Å². The highest BCUT2D eigenvalue weighted by molar-refractivity contribution is 6.26. The second-order valence-corrected chi connectivity index (χ2v) is 9.61. The molecule has 7 rings (SSSR count). The molecule has 8 heteroatoms. The van der Waals surface area contributed by atoms with Crippen molar-refractivity contribution in [3.8, 4) is 11.5 Å². The Labute approximate surface area is 190 Å². The van der Waals surface area contributed by atoms with Crippen molar-refractivity contribution < 1.29 is 23.9 Å². The van der Waals surface area contributed by atoms with Gasteiger partial charge in [-0.25, -0.2) is 4.90 Å². The summed E-state index contributed by atoms with van der Waals surface area (Å²) in [5.74, 6) is -0.960. The number of hydrogen-bond acceptors (Lipinski definition) is 6. The number of amides is 3. The predicted octanol–water partition coefficient (Wildman–Crippen LogP) is 2.46. The minimum absolute atomic E-state index is 0.113. The maximum absolute atomic E-state index is 14.0. The highest BCUT2D eigenvalue weighted by Crippen LogP contribution is 2.61. The van der Waals surface area contributed by atoms with Gasteiger partial charge in [0.05, 0.1) is 17.5 Å². The molecule has 2 aromatic rings. The zero-order valence-electron chi connectivity index (χ0n) is 18.4. The van der Waals surface area contributed by atoms with Crippen LogP contribution in [0.1, 0.15) is 29.5 Å². The number of nitrogens with one attached hydrogen (secondary N) is 1. The fourth-order valence-electron chi connectivity index (χ4n) is 6.80. The largest absolute Gasteiger partial charge is 0.454 e. The number of fused-ring (bicyclic) bond motifs is 8. The highest BCUT2D eigenvalue weighted by Gasteiger charge is 2.74. The van der Waals surface area contributed by atoms with E-state index >= 15 is 0 Å². The number of rotatable bonds is 1. The van der Waals surface area contributed by atoms with Gasteiger partial charge >= 0.3 is 0 Å². The molecule has 33 heavy (non-hydrogen) atoms. The van der Waals surface area contributed by atoms with Gasteiger partial charge in [-0.1, -0.05) is 12.1 Å². The lowest BCUT2D eigenvalue weighted by atomic mass is 9.75. The van der Waals surface area contributed by atoms with Crippen LogP contribution in [0.2, 0.25) is 0 Å². The normalized spacial score (nSPS) is 31.4. The van der Waals surface area contributed by atoms with Crippen LogP contribution in [0.25, 0.3) is 0 Å². The lowest BCUT2D eigenvalue weighted by Gasteiger charge is -2.36. The number of ether oxygens (including phenoxy) is 2. The first-order chi connectivity index (χ1) is 15.9. The Hall–Kier alpha value is -3.39. The number of hydrogen-bond donors (Lipinski definition) is 1. The average Bonchev–Trinajstić information content (AvgIpc) is 3.57. The van der Waals surface area contributed by atoms with Crippen molar-refractivity contribution in [2.75, 3.05) is 23.6 Å². The molecule has 3 fully saturated rings. The molecular formula is C25H23N3O5. The van der Waals surface area contributed by atoms with Gasteiger partial charge in [0, 0.05) is 23.4 Å². The van der Waals surface area contributed by atoms with Crippen LogP contribution in [-0.4, -0.2) is 42.0 Å². The van der Waals surface area contributed by atoms with Crippen LogP contribution in [0.4, 0.5) is 11.4 Å². The molecule has 0 unspecified atom stereocenters. The van der Waals surface area contributed by atoms with Crippen LogP contribution >= 0.6 is 0 Å². The Bertz CT molecular complexity index is 1290. The van der Waals surface area contributed by atoms with Crippen molar-refractivity contribution in [1.29, 1.82) is 0 Å². The SMILES string of the molecule is Cc1ccc2c(c1C)NC(=O)[C@]21[C@@H]2C(=O)N(c3ccc4c(c3)OCO4)C(=O)[C@@H]2[C@@H]2CCCN21. The number of anilines is 2. The van der Waals surface area contributed by atoms with E-state index in [1.165, 1.54) is 4.90 Å². The van der Waals surface area contributed by atoms with Gasteiger partial charge in [-0.2, -0.15) is 0 Å². The summed E-state index contributed by atoms with van der Waals surface area (Å²) in [6.07, 6.45) is 1.69. The maximum atomic E-state index is 14.0. The van der Waals surface area contributed by atoms with Crippen molar-refractivity contribution >= 4 is 29.1 Å². The second-order valence-electron chi connectivity index (χ2n) is 9.61. The number of carbonyl (C=O) groups excluding carboxylic acids is 3. The number of nitrogens with zero attached hydrogens (tertiary/aromatic N) is 2. The lowest BCUT2D eigenvalue weighted by Crippen LogP contribution is -2.54. The third-order valence-electron chi connectivity index (χ3n) is 8.31. The molecule has 0 saturated carbocycles. The van der Waals surface area contributed by atoms with Gasteiger partial charge in [0.1, 0.15) is 5.54 Å². The maximum Gasteiger partial charge on any atom is 0.250 e. The van der Waals surface area contributed by atoms with Crippen LogP contribution in [-0.2, 0) is 19.9 Å². The van der Waals surface area contributed by atoms with Gasteiger partial charge in [0.2, 0.25) is 24.5 Å². The van der Waals surface area contributed by atoms with Crippen LogP contribution in [0, 0.1) is 25.7 Å². The molecule has 168 valence electrons. The molecule has 2 aromatic carbocycles. The summed E-state index contributed by atoms with van der Waals surface area (Å²) >= 11 is 0. The molecule has 0 radical (unpaired) electrons. The molecular weight excluding hydrogens is 422 g/mol. The zero-order valence-corrected chi connectivity index (χ0v) is 18.4. The van der Waals surface area contributed by atoms with Crippen LogP contribution in [0.3, 0.4) is 0 Å². The Morgan fingerprint density at radius 3 is 2.70 bits per heavy atom. The highest BCUT2D eigenvalue weighted by atomic mass is 16.7. The third kappa shape index (κ3) is 2.08. The molecule has 3 saturated heterocycles. The van der Waals surface area contributed by atoms with E-state index in [0.717, 1.165) is 35.2 Å². The van der Waals surface area contributed by atoms with E-state index in [1.807, 2.05) is 26.0 Å². The van der Waals surface area contributed by atoms with E-state index in [9.17, 15) is 14.4 Å². The minimum Gasteiger partial charge on any atom is -0.454 e. The topological polar surface area (TPSA) is 88.2 Å². The first kappa shape index (κ1) is 19.1. The average molecular weight is 445 g/mol. The second kappa shape index (κ2) is 6.14. The molecule has 0 aromatic heterocycles. The van der Waals surface area contributed by atoms with Gasteiger partial charge in [-0.05, 0) is 56.5 Å². The van der Waals surface area contributed by atoms with Crippen LogP contribution in [0.15, 0.2) is 30.3 Å². The van der Waals surface area contributed by atoms with Crippen LogP contribution < -0.4 is 19.7 Å². The Morgan fingerprint density at radius 1 is 1.03 bits per heavy atom. The lowest BCUT2D eigenvalue weighted by molar-refractivity contribution is -0.135. The van der Waals surface area contributed by atoms with E-state index in [4.69, 9.17) is 9.47 Å². The van der Waals surface area contributed by atoms with Crippen molar-refractivity contribution in [2.45, 2.75) is 38.3 Å². The molecule has 4 atom stereocenters. The third-order valence-corrected chi connectivity index (χ3v) is 8.31. The summed E-state index contributed by atoms with van der Waals surface area (Å²) in [6, 6.07) is 8.94. The van der Waals surface area contributed by atoms with Gasteiger partial charge in [-0.15, -0.1) is 0 Å². The first-order valence-electron chi connectivity index (χ1n) is 11.4. The Kier molecular flexibility index (Phi) is 3.55. The quantitative estimate of drug-likeness (QED) is 0.679. The summed E-state index contributed by atoms with van der Waals surface area (Å²) < 4.78 is 10.9. The first-order valence-corrected chi connectivity index (χ1v) is 11.4. The molecule has 0 aliphatic carbocycles. The molecule has 8 nitrogen and oxygen atoms in total. The molecule has 5 aliphatic heterocycles. The summed E-state index contributed by atoms with van der Waals surface area (Å²) in [4.78, 5) is 45.0. The van der Waals surface area contributed by atoms with E-state index in [2.05, 4.69) is 10.2 Å². The molecule has 0 bridgehead atoms. The van der Waals surface area contributed by atoms with Gasteiger partial charge in [-0.3, -0.25) is 19.3 Å². The smallest absolute Gasteiger partial charge is 0.250 e. The minimum atomic E-state index is -1.16. The standard InChI is InChI=1S/C25H23N3O5/c1-12-5-7-15-21(13(12)2)26-24(31)25(15)20-19(16-4-3-9-27(16)25)22(29)28(23(20)30)14-6-8-17-18(10-14)33-11-32-17/h5-8,10,16,19-20H,3-4,9,11H2,1-2H3,(H,26,31)/t16-,19+,20-,25+/m0/s1. The fraction of sp³-hybridized carbons (Fsp3) is 0.400. The summed E-state index contributed by atoms with van der Waals surface area (Å²) in [6.45, 7) is 4.81. The summed E-state index contributed by atoms with van der Waals surface area (Å²) in [5.41, 5.74) is 2.99. The van der Waals surface area contributed by atoms with E-state index in [0.29, 0.717) is 23.7 Å². The number of aryl methyl sites for hydroxylation is 1. The molecule has 1 spiro atoms. The van der Waals surface area contributed by atoms with Crippen molar-refractivity contribution in [1.82, 2.24) is 4.90 Å². The molecule has 3 amide bonds. The summed E-state index contributed by atoms with van der Waals surface area (Å²) in [7, 11) is 0. The monoisotopic (exact) mass is 445 g/mol. The van der Waals surface area contributed by atoms with Gasteiger partial charge < -0.3 is 14.8 Å². The number of imide groups is 1. The number of carbonyl (C=O) groups is 3. The molecule has 5 heterocycles. The van der Waals surface area contributed by atoms with E-state index in [-0.39, 0.29) is 30.6 Å². The van der Waals surface area contributed by atoms with Crippen molar-refractivity contribution in [3.63, 3.8) is 0 Å². The van der Waals surface area contributed by atoms with E-state index < -0.39 is 17.4 Å². The number of benzene rings is 2. The zero-order chi connectivity index (χ0) is 22.6. The van der Waals surface area contributed by atoms with Crippen molar-refractivity contribution in [3.05, 3.63) is 47.0 Å². The molecule has 1 N–H and O–H groups in total. The fourth-order valence-corrected chi connectivity index (χ4v) is 6.80. The van der Waals surface area contributed by atoms with Crippen LogP contribution in [0.5, 0.6) is 11.5 Å². The predicted molar refractivity (Wildman–Crippen MR) is 118 cm³/mol. The Morgan fingerprint density at radius 2 is 1.85 bits per heavy atom. The van der Waals surface area contributed by atoms with Crippen molar-refractivity contribution in [2.24, 2.45) is 11.8 Å². The summed E-state index contributed by atoms with van der Waals surface area (Å²) in [5, 5.41) is 3.09. The van der Waals surface area contributed by atoms with Gasteiger partial charge in [0.25, 0.3) is 0 Å². The van der Waals surface area contributed by atoms with E-state index in [1.54, 1.807) is 18.2 Å². The Balaban J connectivity index is 1.41. The molecule has 5 aliphatic rings.